The van der Waals surface area contributed by atoms with Gasteiger partial charge < -0.3 is 10.3 Å². The number of rotatable bonds is 7. The molecule has 0 aliphatic heterocycles. The molecule has 0 saturated carbocycles. The van der Waals surface area contributed by atoms with Crippen LogP contribution in [0.4, 0.5) is 5.69 Å². The van der Waals surface area contributed by atoms with E-state index in [9.17, 15) is 0 Å². The van der Waals surface area contributed by atoms with Gasteiger partial charge in [0.15, 0.2) is 0 Å². The second kappa shape index (κ2) is 9.91. The van der Waals surface area contributed by atoms with Crippen LogP contribution in [-0.4, -0.2) is 30.1 Å². The van der Waals surface area contributed by atoms with E-state index in [0.717, 1.165) is 68.0 Å². The number of allylic oxidation sites excluding steroid dienone is 1. The number of aromatic amines is 2. The molecule has 0 spiro atoms. The van der Waals surface area contributed by atoms with Crippen molar-refractivity contribution < 1.29 is 0 Å². The van der Waals surface area contributed by atoms with Crippen molar-refractivity contribution in [3.05, 3.63) is 114 Å². The zero-order valence-corrected chi connectivity index (χ0v) is 22.6. The number of hydrogen-bond acceptors (Lipinski definition) is 6. The predicted molar refractivity (Wildman–Crippen MR) is 163 cm³/mol. The molecule has 0 aliphatic carbocycles. The van der Waals surface area contributed by atoms with Crippen LogP contribution in [0.5, 0.6) is 0 Å². The third-order valence-corrected chi connectivity index (χ3v) is 7.89. The number of benzene rings is 1. The fourth-order valence-corrected chi connectivity index (χ4v) is 5.87. The van der Waals surface area contributed by atoms with Gasteiger partial charge in [0, 0.05) is 56.2 Å². The minimum Gasteiger partial charge on any atom is -0.358 e. The van der Waals surface area contributed by atoms with Crippen molar-refractivity contribution in [2.24, 2.45) is 0 Å². The molecule has 1 aromatic carbocycles. The van der Waals surface area contributed by atoms with E-state index in [1.54, 1.807) is 17.5 Å². The number of H-pyrrole nitrogens is 2. The van der Waals surface area contributed by atoms with Crippen LogP contribution in [0.3, 0.4) is 0 Å². The number of nitrogens with zero attached hydrogens (tertiary/aromatic N) is 4. The van der Waals surface area contributed by atoms with Gasteiger partial charge in [-0.1, -0.05) is 36.9 Å². The fraction of sp³-hybridized carbons (Fsp3) is 0.0625. The van der Waals surface area contributed by atoms with E-state index >= 15 is 0 Å². The molecule has 0 amide bonds. The molecule has 0 aliphatic rings. The largest absolute Gasteiger partial charge is 0.358 e. The maximum absolute atomic E-state index is 4.69. The number of pyridine rings is 3. The van der Waals surface area contributed by atoms with Gasteiger partial charge in [0.2, 0.25) is 0 Å². The van der Waals surface area contributed by atoms with Gasteiger partial charge in [-0.25, -0.2) is 4.98 Å². The molecular formula is C32H25N7S. The standard InChI is InChI=1S/C32H25N7S/c1-19(12-21-6-4-3-5-7-21)36-23-13-22(16-33-17-23)27-15-26-29(18-35-27)38-39-31(26)28-14-25-24(10-11-34-32(25)37-28)30-9-8-20(2)40-30/h3-11,13-18,36H,1,12H2,2H3,(H,34,37)(H,38,39). The Morgan fingerprint density at radius 2 is 1.85 bits per heavy atom. The van der Waals surface area contributed by atoms with Crippen molar-refractivity contribution in [2.75, 3.05) is 5.32 Å². The van der Waals surface area contributed by atoms with Crippen LogP contribution < -0.4 is 5.32 Å². The molecular weight excluding hydrogens is 514 g/mol. The average molecular weight is 540 g/mol. The summed E-state index contributed by atoms with van der Waals surface area (Å²) >= 11 is 1.78. The monoisotopic (exact) mass is 539 g/mol. The smallest absolute Gasteiger partial charge is 0.138 e. The highest BCUT2D eigenvalue weighted by Crippen LogP contribution is 2.36. The molecule has 40 heavy (non-hydrogen) atoms. The van der Waals surface area contributed by atoms with Gasteiger partial charge in [0.25, 0.3) is 0 Å². The van der Waals surface area contributed by atoms with Gasteiger partial charge in [-0.05, 0) is 48.9 Å². The van der Waals surface area contributed by atoms with Gasteiger partial charge >= 0.3 is 0 Å². The molecule has 194 valence electrons. The molecule has 6 aromatic heterocycles. The van der Waals surface area contributed by atoms with Gasteiger partial charge in [0.05, 0.1) is 35.0 Å². The second-order valence-corrected chi connectivity index (χ2v) is 11.0. The van der Waals surface area contributed by atoms with Crippen LogP contribution in [-0.2, 0) is 6.42 Å². The Labute approximate surface area is 234 Å². The first-order valence-corrected chi connectivity index (χ1v) is 13.8. The summed E-state index contributed by atoms with van der Waals surface area (Å²) in [5.41, 5.74) is 9.26. The normalized spacial score (nSPS) is 11.3. The maximum atomic E-state index is 4.69. The van der Waals surface area contributed by atoms with E-state index in [1.807, 2.05) is 42.9 Å². The summed E-state index contributed by atoms with van der Waals surface area (Å²) in [6, 6.07) is 22.9. The Bertz CT molecular complexity index is 2000. The number of aromatic nitrogens is 6. The molecule has 7 rings (SSSR count). The first kappa shape index (κ1) is 24.0. The number of thiophene rings is 1. The third-order valence-electron chi connectivity index (χ3n) is 6.86. The summed E-state index contributed by atoms with van der Waals surface area (Å²) in [4.78, 5) is 19.7. The second-order valence-electron chi connectivity index (χ2n) is 9.75. The van der Waals surface area contributed by atoms with Crippen LogP contribution in [0.25, 0.3) is 55.0 Å². The topological polar surface area (TPSA) is 95.2 Å². The lowest BCUT2D eigenvalue weighted by molar-refractivity contribution is 1.11. The van der Waals surface area contributed by atoms with E-state index in [1.165, 1.54) is 15.3 Å². The van der Waals surface area contributed by atoms with Gasteiger partial charge in [-0.2, -0.15) is 5.10 Å². The molecule has 8 heteroatoms. The fourth-order valence-electron chi connectivity index (χ4n) is 4.97. The first-order chi connectivity index (χ1) is 19.6. The molecule has 0 saturated heterocycles. The lowest BCUT2D eigenvalue weighted by Crippen LogP contribution is -2.02. The van der Waals surface area contributed by atoms with Crippen molar-refractivity contribution >= 4 is 39.0 Å². The van der Waals surface area contributed by atoms with Crippen molar-refractivity contribution in [3.8, 4) is 33.1 Å². The molecule has 0 atom stereocenters. The Morgan fingerprint density at radius 3 is 2.70 bits per heavy atom. The summed E-state index contributed by atoms with van der Waals surface area (Å²) in [6.45, 7) is 6.32. The van der Waals surface area contributed by atoms with E-state index in [0.29, 0.717) is 0 Å². The number of aryl methyl sites for hydroxylation is 1. The number of fused-ring (bicyclic) bond motifs is 2. The first-order valence-electron chi connectivity index (χ1n) is 12.9. The molecule has 0 radical (unpaired) electrons. The van der Waals surface area contributed by atoms with E-state index in [2.05, 4.69) is 91.4 Å². The molecule has 3 N–H and O–H groups in total. The third kappa shape index (κ3) is 4.54. The SMILES string of the molecule is C=C(Cc1ccccc1)Nc1cncc(-c2cc3c(-c4cc5c(-c6ccc(C)s6)ccnc5[nH]4)n[nH]c3cn2)c1. The van der Waals surface area contributed by atoms with Crippen LogP contribution in [0, 0.1) is 6.92 Å². The lowest BCUT2D eigenvalue weighted by atomic mass is 10.1. The van der Waals surface area contributed by atoms with Crippen molar-refractivity contribution in [3.63, 3.8) is 0 Å². The minimum atomic E-state index is 0.737. The maximum Gasteiger partial charge on any atom is 0.138 e. The molecule has 0 bridgehead atoms. The molecule has 6 heterocycles. The van der Waals surface area contributed by atoms with E-state index in [-0.39, 0.29) is 0 Å². The molecule has 0 fully saturated rings. The predicted octanol–water partition coefficient (Wildman–Crippen LogP) is 7.77. The Kier molecular flexibility index (Phi) is 5.94. The number of anilines is 1. The zero-order valence-electron chi connectivity index (χ0n) is 21.8. The quantitative estimate of drug-likeness (QED) is 0.192. The van der Waals surface area contributed by atoms with E-state index in [4.69, 9.17) is 0 Å². The van der Waals surface area contributed by atoms with Gasteiger partial charge in [-0.15, -0.1) is 11.3 Å². The highest BCUT2D eigenvalue weighted by atomic mass is 32.1. The average Bonchev–Trinajstić information content (AvgIpc) is 3.71. The highest BCUT2D eigenvalue weighted by molar-refractivity contribution is 7.15. The summed E-state index contributed by atoms with van der Waals surface area (Å²) in [7, 11) is 0. The van der Waals surface area contributed by atoms with Gasteiger partial charge in [0.1, 0.15) is 11.3 Å². The van der Waals surface area contributed by atoms with Crippen molar-refractivity contribution in [1.82, 2.24) is 30.1 Å². The Hall–Kier alpha value is -5.08. The van der Waals surface area contributed by atoms with Crippen molar-refractivity contribution in [1.29, 1.82) is 0 Å². The van der Waals surface area contributed by atoms with Gasteiger partial charge in [-0.3, -0.25) is 15.1 Å². The van der Waals surface area contributed by atoms with Crippen LogP contribution >= 0.6 is 11.3 Å². The van der Waals surface area contributed by atoms with E-state index < -0.39 is 0 Å². The van der Waals surface area contributed by atoms with Crippen LogP contribution in [0.2, 0.25) is 0 Å². The summed E-state index contributed by atoms with van der Waals surface area (Å²) in [5.74, 6) is 0. The van der Waals surface area contributed by atoms with Crippen LogP contribution in [0.1, 0.15) is 10.4 Å². The zero-order chi connectivity index (χ0) is 27.1. The van der Waals surface area contributed by atoms with Crippen LogP contribution in [0.15, 0.2) is 104 Å². The summed E-state index contributed by atoms with van der Waals surface area (Å²) in [6.07, 6.45) is 8.02. The molecule has 0 unspecified atom stereocenters. The minimum absolute atomic E-state index is 0.737. The lowest BCUT2D eigenvalue weighted by Gasteiger charge is -2.11. The van der Waals surface area contributed by atoms with Crippen molar-refractivity contribution in [2.45, 2.75) is 13.3 Å². The Morgan fingerprint density at radius 1 is 0.950 bits per heavy atom. The summed E-state index contributed by atoms with van der Waals surface area (Å²) in [5, 5.41) is 13.2. The number of hydrogen-bond donors (Lipinski definition) is 3. The number of nitrogens with one attached hydrogen (secondary N) is 3. The summed E-state index contributed by atoms with van der Waals surface area (Å²) < 4.78 is 0. The highest BCUT2D eigenvalue weighted by Gasteiger charge is 2.16. The molecule has 7 aromatic rings. The molecule has 7 nitrogen and oxygen atoms in total. The Balaban J connectivity index is 1.21.